The number of halogens is 1. The van der Waals surface area contributed by atoms with E-state index in [4.69, 9.17) is 9.47 Å². The number of rotatable bonds is 7. The number of methoxy groups -OCH3 is 2. The van der Waals surface area contributed by atoms with Crippen LogP contribution in [-0.4, -0.2) is 25.9 Å². The van der Waals surface area contributed by atoms with Gasteiger partial charge < -0.3 is 19.9 Å². The van der Waals surface area contributed by atoms with Crippen LogP contribution in [0.15, 0.2) is 42.5 Å². The number of aliphatic hydroxyl groups is 1. The molecule has 0 aliphatic carbocycles. The van der Waals surface area contributed by atoms with Gasteiger partial charge in [0.15, 0.2) is 11.5 Å². The van der Waals surface area contributed by atoms with Crippen molar-refractivity contribution in [1.82, 2.24) is 5.32 Å². The van der Waals surface area contributed by atoms with Crippen molar-refractivity contribution in [3.63, 3.8) is 0 Å². The van der Waals surface area contributed by atoms with Gasteiger partial charge in [0.2, 0.25) is 0 Å². The zero-order chi connectivity index (χ0) is 17.7. The fraction of sp³-hybridized carbons (Fsp3) is 0.368. The Balaban J connectivity index is 2.06. The third-order valence-electron chi connectivity index (χ3n) is 4.13. The summed E-state index contributed by atoms with van der Waals surface area (Å²) in [5.41, 5.74) is 0.580. The molecule has 0 amide bonds. The summed E-state index contributed by atoms with van der Waals surface area (Å²) in [5, 5.41) is 13.9. The summed E-state index contributed by atoms with van der Waals surface area (Å²) in [4.78, 5) is 0. The lowest BCUT2D eigenvalue weighted by molar-refractivity contribution is 0.0543. The van der Waals surface area contributed by atoms with Crippen molar-refractivity contribution >= 4 is 0 Å². The molecule has 0 spiro atoms. The number of ether oxygens (including phenoxy) is 2. The monoisotopic (exact) mass is 333 g/mol. The zero-order valence-electron chi connectivity index (χ0n) is 14.5. The van der Waals surface area contributed by atoms with Crippen LogP contribution in [0.4, 0.5) is 4.39 Å². The second kappa shape index (κ2) is 7.64. The van der Waals surface area contributed by atoms with Gasteiger partial charge in [-0.15, -0.1) is 0 Å². The van der Waals surface area contributed by atoms with Crippen LogP contribution < -0.4 is 14.8 Å². The molecule has 2 atom stereocenters. The second-order valence-electron chi connectivity index (χ2n) is 6.00. The molecule has 2 unspecified atom stereocenters. The van der Waals surface area contributed by atoms with Crippen molar-refractivity contribution in [1.29, 1.82) is 0 Å². The van der Waals surface area contributed by atoms with Crippen LogP contribution in [0.25, 0.3) is 0 Å². The highest BCUT2D eigenvalue weighted by molar-refractivity contribution is 5.43. The van der Waals surface area contributed by atoms with E-state index in [1.54, 1.807) is 33.3 Å². The number of benzene rings is 2. The lowest BCUT2D eigenvalue weighted by Crippen LogP contribution is -2.36. The van der Waals surface area contributed by atoms with Gasteiger partial charge in [-0.25, -0.2) is 4.39 Å². The fourth-order valence-electron chi connectivity index (χ4n) is 2.50. The summed E-state index contributed by atoms with van der Waals surface area (Å²) in [6.45, 7) is 4.03. The predicted molar refractivity (Wildman–Crippen MR) is 91.9 cm³/mol. The third-order valence-corrected chi connectivity index (χ3v) is 4.13. The van der Waals surface area contributed by atoms with Gasteiger partial charge >= 0.3 is 0 Å². The number of hydrogen-bond donors (Lipinski definition) is 2. The summed E-state index contributed by atoms with van der Waals surface area (Å²) in [5.74, 6) is 1.02. The Bertz CT molecular complexity index is 671. The van der Waals surface area contributed by atoms with Crippen molar-refractivity contribution in [3.8, 4) is 11.5 Å². The highest BCUT2D eigenvalue weighted by Gasteiger charge is 2.24. The SMILES string of the molecule is COc1ccc(C(C)NCC(C)(O)c2ccc(F)cc2)cc1OC. The summed E-state index contributed by atoms with van der Waals surface area (Å²) in [6.07, 6.45) is 0. The Morgan fingerprint density at radius 3 is 2.29 bits per heavy atom. The third kappa shape index (κ3) is 4.24. The van der Waals surface area contributed by atoms with Gasteiger partial charge in [-0.05, 0) is 49.2 Å². The minimum Gasteiger partial charge on any atom is -0.493 e. The maximum atomic E-state index is 13.0. The van der Waals surface area contributed by atoms with Crippen molar-refractivity contribution in [3.05, 3.63) is 59.4 Å². The lowest BCUT2D eigenvalue weighted by atomic mass is 9.95. The molecule has 0 heterocycles. The molecule has 2 N–H and O–H groups in total. The van der Waals surface area contributed by atoms with Crippen molar-refractivity contribution in [2.75, 3.05) is 20.8 Å². The molecule has 0 bridgehead atoms. The van der Waals surface area contributed by atoms with Gasteiger partial charge in [0, 0.05) is 12.6 Å². The van der Waals surface area contributed by atoms with E-state index in [-0.39, 0.29) is 11.9 Å². The summed E-state index contributed by atoms with van der Waals surface area (Å²) < 4.78 is 23.6. The molecule has 0 aliphatic rings. The molecular formula is C19H24FNO3. The average Bonchev–Trinajstić information content (AvgIpc) is 2.59. The molecule has 0 radical (unpaired) electrons. The molecule has 2 rings (SSSR count). The van der Waals surface area contributed by atoms with Crippen LogP contribution in [0.5, 0.6) is 11.5 Å². The largest absolute Gasteiger partial charge is 0.493 e. The first-order chi connectivity index (χ1) is 11.4. The first kappa shape index (κ1) is 18.2. The zero-order valence-corrected chi connectivity index (χ0v) is 14.5. The smallest absolute Gasteiger partial charge is 0.161 e. The molecular weight excluding hydrogens is 309 g/mol. The van der Waals surface area contributed by atoms with E-state index in [1.165, 1.54) is 12.1 Å². The Morgan fingerprint density at radius 1 is 1.08 bits per heavy atom. The van der Waals surface area contributed by atoms with Crippen molar-refractivity contribution in [2.24, 2.45) is 0 Å². The predicted octanol–water partition coefficient (Wildman–Crippen LogP) is 3.40. The van der Waals surface area contributed by atoms with Gasteiger partial charge in [-0.2, -0.15) is 0 Å². The van der Waals surface area contributed by atoms with Crippen molar-refractivity contribution in [2.45, 2.75) is 25.5 Å². The summed E-state index contributed by atoms with van der Waals surface area (Å²) in [6, 6.07) is 11.6. The van der Waals surface area contributed by atoms with E-state index >= 15 is 0 Å². The average molecular weight is 333 g/mol. The van der Waals surface area contributed by atoms with Gasteiger partial charge in [0.25, 0.3) is 0 Å². The van der Waals surface area contributed by atoms with E-state index in [0.717, 1.165) is 5.56 Å². The molecule has 0 aliphatic heterocycles. The van der Waals surface area contributed by atoms with E-state index in [9.17, 15) is 9.50 Å². The van der Waals surface area contributed by atoms with Gasteiger partial charge in [-0.1, -0.05) is 18.2 Å². The first-order valence-corrected chi connectivity index (χ1v) is 7.81. The molecule has 2 aromatic carbocycles. The van der Waals surface area contributed by atoms with E-state index < -0.39 is 5.60 Å². The van der Waals surface area contributed by atoms with E-state index in [2.05, 4.69) is 5.32 Å². The van der Waals surface area contributed by atoms with Gasteiger partial charge in [0.1, 0.15) is 5.82 Å². The number of hydrogen-bond acceptors (Lipinski definition) is 4. The molecule has 130 valence electrons. The minimum atomic E-state index is -1.10. The molecule has 0 fully saturated rings. The molecule has 2 aromatic rings. The highest BCUT2D eigenvalue weighted by Crippen LogP contribution is 2.30. The molecule has 5 heteroatoms. The molecule has 4 nitrogen and oxygen atoms in total. The fourth-order valence-corrected chi connectivity index (χ4v) is 2.50. The van der Waals surface area contributed by atoms with Crippen LogP contribution in [0.3, 0.4) is 0 Å². The van der Waals surface area contributed by atoms with Crippen LogP contribution in [-0.2, 0) is 5.60 Å². The van der Waals surface area contributed by atoms with Crippen LogP contribution in [0.1, 0.15) is 31.0 Å². The first-order valence-electron chi connectivity index (χ1n) is 7.81. The topological polar surface area (TPSA) is 50.7 Å². The molecule has 0 saturated carbocycles. The summed E-state index contributed by atoms with van der Waals surface area (Å²) in [7, 11) is 3.19. The minimum absolute atomic E-state index is 0.00303. The van der Waals surface area contributed by atoms with Gasteiger partial charge in [-0.3, -0.25) is 0 Å². The van der Waals surface area contributed by atoms with Gasteiger partial charge in [0.05, 0.1) is 19.8 Å². The standard InChI is InChI=1S/C19H24FNO3/c1-13(14-5-10-17(23-3)18(11-14)24-4)21-12-19(2,22)15-6-8-16(20)9-7-15/h5-11,13,21-22H,12H2,1-4H3. The van der Waals surface area contributed by atoms with E-state index in [1.807, 2.05) is 25.1 Å². The van der Waals surface area contributed by atoms with E-state index in [0.29, 0.717) is 23.6 Å². The Labute approximate surface area is 142 Å². The Hall–Kier alpha value is -2.11. The number of nitrogens with one attached hydrogen (secondary N) is 1. The molecule has 0 aromatic heterocycles. The lowest BCUT2D eigenvalue weighted by Gasteiger charge is -2.27. The molecule has 0 saturated heterocycles. The van der Waals surface area contributed by atoms with Crippen molar-refractivity contribution < 1.29 is 19.0 Å². The quantitative estimate of drug-likeness (QED) is 0.815. The Morgan fingerprint density at radius 2 is 1.71 bits per heavy atom. The maximum Gasteiger partial charge on any atom is 0.161 e. The summed E-state index contributed by atoms with van der Waals surface area (Å²) >= 11 is 0. The highest BCUT2D eigenvalue weighted by atomic mass is 19.1. The van der Waals surface area contributed by atoms with Crippen LogP contribution in [0.2, 0.25) is 0 Å². The Kier molecular flexibility index (Phi) is 5.80. The second-order valence-corrected chi connectivity index (χ2v) is 6.00. The van der Waals surface area contributed by atoms with Crippen LogP contribution in [0, 0.1) is 5.82 Å². The maximum absolute atomic E-state index is 13.0. The normalized spacial score (nSPS) is 14.8. The molecule has 24 heavy (non-hydrogen) atoms. The van der Waals surface area contributed by atoms with Crippen LogP contribution >= 0.6 is 0 Å².